The van der Waals surface area contributed by atoms with Gasteiger partial charge >= 0.3 is 0 Å². The van der Waals surface area contributed by atoms with Gasteiger partial charge in [0.1, 0.15) is 17.2 Å². The molecule has 1 aliphatic carbocycles. The number of amides is 1. The summed E-state index contributed by atoms with van der Waals surface area (Å²) in [6.07, 6.45) is 3.57. The van der Waals surface area contributed by atoms with Crippen LogP contribution in [0.2, 0.25) is 0 Å². The fraction of sp³-hybridized carbons (Fsp3) is 0.407. The van der Waals surface area contributed by atoms with Crippen molar-refractivity contribution in [1.29, 1.82) is 0 Å². The molecule has 0 saturated heterocycles. The second-order valence-corrected chi connectivity index (χ2v) is 10.0. The van der Waals surface area contributed by atoms with Crippen LogP contribution in [0, 0.1) is 0 Å². The number of nitrogens with zero attached hydrogens (tertiary/aromatic N) is 4. The van der Waals surface area contributed by atoms with Crippen LogP contribution in [0.5, 0.6) is 0 Å². The summed E-state index contributed by atoms with van der Waals surface area (Å²) in [4.78, 5) is 28.6. The maximum absolute atomic E-state index is 12.7. The molecule has 2 heterocycles. The van der Waals surface area contributed by atoms with Crippen molar-refractivity contribution in [2.45, 2.75) is 45.1 Å². The van der Waals surface area contributed by atoms with Crippen molar-refractivity contribution in [3.05, 3.63) is 65.0 Å². The fourth-order valence-electron chi connectivity index (χ4n) is 4.21. The summed E-state index contributed by atoms with van der Waals surface area (Å²) in [7, 11) is 4.23. The van der Waals surface area contributed by atoms with E-state index in [0.29, 0.717) is 35.7 Å². The van der Waals surface area contributed by atoms with Crippen molar-refractivity contribution in [2.75, 3.05) is 37.9 Å². The summed E-state index contributed by atoms with van der Waals surface area (Å²) >= 11 is 0. The van der Waals surface area contributed by atoms with Crippen LogP contribution < -0.4 is 16.0 Å². The van der Waals surface area contributed by atoms with Gasteiger partial charge in [0.25, 0.3) is 5.91 Å². The molecule has 0 spiro atoms. The predicted octanol–water partition coefficient (Wildman–Crippen LogP) is 3.41. The number of anilines is 4. The molecule has 1 unspecified atom stereocenters. The average Bonchev–Trinajstić information content (AvgIpc) is 3.28. The van der Waals surface area contributed by atoms with Gasteiger partial charge in [-0.15, -0.1) is 0 Å². The van der Waals surface area contributed by atoms with Crippen LogP contribution in [0.25, 0.3) is 0 Å². The van der Waals surface area contributed by atoms with E-state index in [1.165, 1.54) is 17.3 Å². The van der Waals surface area contributed by atoms with Crippen LogP contribution in [-0.4, -0.2) is 64.2 Å². The Morgan fingerprint density at radius 3 is 2.61 bits per heavy atom. The Balaban J connectivity index is 1.62. The molecule has 0 saturated carbocycles. The first kappa shape index (κ1) is 25.5. The van der Waals surface area contributed by atoms with Gasteiger partial charge in [-0.2, -0.15) is 4.98 Å². The van der Waals surface area contributed by atoms with Crippen LogP contribution in [0.1, 0.15) is 48.0 Å². The smallest absolute Gasteiger partial charge is 0.256 e. The van der Waals surface area contributed by atoms with E-state index in [1.54, 1.807) is 6.07 Å². The van der Waals surface area contributed by atoms with Crippen molar-refractivity contribution in [2.24, 2.45) is 0 Å². The highest BCUT2D eigenvalue weighted by Gasteiger charge is 2.24. The number of nitrogens with one attached hydrogen (secondary N) is 3. The Hall–Kier alpha value is -3.56. The molecule has 1 aromatic carbocycles. The topological polar surface area (TPSA) is 115 Å². The largest absolute Gasteiger partial charge is 0.395 e. The third-order valence-corrected chi connectivity index (χ3v) is 6.56. The van der Waals surface area contributed by atoms with E-state index in [0.717, 1.165) is 24.2 Å². The molecule has 0 aliphatic heterocycles. The molecule has 4 N–H and O–H groups in total. The molecule has 1 amide bonds. The van der Waals surface area contributed by atoms with Crippen LogP contribution in [0.4, 0.5) is 23.3 Å². The van der Waals surface area contributed by atoms with Gasteiger partial charge in [0.15, 0.2) is 0 Å². The van der Waals surface area contributed by atoms with Crippen LogP contribution in [0.3, 0.4) is 0 Å². The fourth-order valence-corrected chi connectivity index (χ4v) is 4.21. The van der Waals surface area contributed by atoms with E-state index in [1.807, 2.05) is 39.0 Å². The summed E-state index contributed by atoms with van der Waals surface area (Å²) in [6.45, 7) is 6.15. The van der Waals surface area contributed by atoms with Gasteiger partial charge in [-0.1, -0.05) is 26.0 Å². The first-order chi connectivity index (χ1) is 17.2. The van der Waals surface area contributed by atoms with E-state index in [4.69, 9.17) is 0 Å². The van der Waals surface area contributed by atoms with Crippen molar-refractivity contribution < 1.29 is 9.90 Å². The maximum Gasteiger partial charge on any atom is 0.256 e. The third-order valence-electron chi connectivity index (χ3n) is 6.56. The Morgan fingerprint density at radius 2 is 1.89 bits per heavy atom. The standard InChI is InChI=1S/C27H35N7O2/c1-6-28-25(36)21-15-29-26(30-19-11-10-17-13-20(34(4)5)14-18(17)12-19)33-24(21)32-23-9-7-8-22(31-23)27(2,3)16-35/h7-12,15,20,35H,6,13-14,16H2,1-5H3,(H,28,36)(H2,29,30,31,32,33). The Labute approximate surface area is 212 Å². The molecular formula is C27H35N7O2. The van der Waals surface area contributed by atoms with Gasteiger partial charge in [0.05, 0.1) is 12.3 Å². The normalized spacial score (nSPS) is 15.0. The highest BCUT2D eigenvalue weighted by Crippen LogP contribution is 2.29. The minimum Gasteiger partial charge on any atom is -0.395 e. The summed E-state index contributed by atoms with van der Waals surface area (Å²) in [5, 5.41) is 19.0. The third kappa shape index (κ3) is 5.63. The number of aliphatic hydroxyl groups excluding tert-OH is 1. The molecule has 0 fully saturated rings. The highest BCUT2D eigenvalue weighted by molar-refractivity contribution is 5.99. The maximum atomic E-state index is 12.7. The zero-order valence-corrected chi connectivity index (χ0v) is 21.6. The lowest BCUT2D eigenvalue weighted by Gasteiger charge is -2.21. The van der Waals surface area contributed by atoms with Crippen LogP contribution >= 0.6 is 0 Å². The minimum absolute atomic E-state index is 0.0365. The predicted molar refractivity (Wildman–Crippen MR) is 142 cm³/mol. The molecule has 9 nitrogen and oxygen atoms in total. The molecule has 9 heteroatoms. The number of hydrogen-bond acceptors (Lipinski definition) is 8. The number of benzene rings is 1. The Bertz CT molecular complexity index is 1240. The molecule has 190 valence electrons. The zero-order chi connectivity index (χ0) is 25.9. The van der Waals surface area contributed by atoms with Gasteiger partial charge in [0.2, 0.25) is 5.95 Å². The molecule has 1 atom stereocenters. The molecule has 2 aromatic heterocycles. The number of aliphatic hydroxyl groups is 1. The quantitative estimate of drug-likeness (QED) is 0.362. The molecule has 36 heavy (non-hydrogen) atoms. The average molecular weight is 490 g/mol. The number of likely N-dealkylation sites (N-methyl/N-ethyl adjacent to an activating group) is 1. The summed E-state index contributed by atoms with van der Waals surface area (Å²) in [5.74, 6) is 0.973. The number of hydrogen-bond donors (Lipinski definition) is 4. The van der Waals surface area contributed by atoms with E-state index in [-0.39, 0.29) is 12.5 Å². The van der Waals surface area contributed by atoms with E-state index in [2.05, 4.69) is 62.0 Å². The lowest BCUT2D eigenvalue weighted by Crippen LogP contribution is -2.27. The van der Waals surface area contributed by atoms with Crippen molar-refractivity contribution >= 4 is 29.2 Å². The van der Waals surface area contributed by atoms with Crippen molar-refractivity contribution in [1.82, 2.24) is 25.2 Å². The van der Waals surface area contributed by atoms with Crippen LogP contribution in [-0.2, 0) is 18.3 Å². The minimum atomic E-state index is -0.502. The number of rotatable bonds is 9. The molecule has 0 bridgehead atoms. The number of pyridine rings is 1. The number of aromatic nitrogens is 3. The van der Waals surface area contributed by atoms with Crippen molar-refractivity contribution in [3.63, 3.8) is 0 Å². The molecule has 3 aromatic rings. The molecular weight excluding hydrogens is 454 g/mol. The SMILES string of the molecule is CCNC(=O)c1cnc(Nc2ccc3c(c2)CC(N(C)C)C3)nc1Nc1cccc(C(C)(C)CO)n1. The summed E-state index contributed by atoms with van der Waals surface area (Å²) < 4.78 is 0. The van der Waals surface area contributed by atoms with Crippen molar-refractivity contribution in [3.8, 4) is 0 Å². The highest BCUT2D eigenvalue weighted by atomic mass is 16.3. The lowest BCUT2D eigenvalue weighted by molar-refractivity contribution is 0.0956. The van der Waals surface area contributed by atoms with Gasteiger partial charge < -0.3 is 26.0 Å². The number of carbonyl (C=O) groups is 1. The second-order valence-electron chi connectivity index (χ2n) is 10.0. The van der Waals surface area contributed by atoms with E-state index in [9.17, 15) is 9.90 Å². The van der Waals surface area contributed by atoms with E-state index >= 15 is 0 Å². The molecule has 4 rings (SSSR count). The van der Waals surface area contributed by atoms with Gasteiger partial charge in [-0.25, -0.2) is 9.97 Å². The Kier molecular flexibility index (Phi) is 7.51. The lowest BCUT2D eigenvalue weighted by atomic mass is 9.90. The van der Waals surface area contributed by atoms with Gasteiger partial charge in [-0.05, 0) is 69.3 Å². The Morgan fingerprint density at radius 1 is 1.11 bits per heavy atom. The summed E-state index contributed by atoms with van der Waals surface area (Å²) in [6, 6.07) is 12.4. The van der Waals surface area contributed by atoms with Gasteiger partial charge in [0, 0.05) is 29.9 Å². The van der Waals surface area contributed by atoms with Crippen LogP contribution in [0.15, 0.2) is 42.6 Å². The van der Waals surface area contributed by atoms with Gasteiger partial charge in [-0.3, -0.25) is 4.79 Å². The first-order valence-electron chi connectivity index (χ1n) is 12.3. The monoisotopic (exact) mass is 489 g/mol. The van der Waals surface area contributed by atoms with E-state index < -0.39 is 5.41 Å². The summed E-state index contributed by atoms with van der Waals surface area (Å²) in [5.41, 5.74) is 4.14. The number of fused-ring (bicyclic) bond motifs is 1. The molecule has 0 radical (unpaired) electrons. The number of carbonyl (C=O) groups excluding carboxylic acids is 1. The first-order valence-corrected chi connectivity index (χ1v) is 12.3. The second kappa shape index (κ2) is 10.6. The molecule has 1 aliphatic rings. The zero-order valence-electron chi connectivity index (χ0n) is 21.6.